The first-order chi connectivity index (χ1) is 14.0. The molecule has 3 aromatic rings. The normalized spacial score (nSPS) is 18.4. The molecule has 4 rings (SSSR count). The van der Waals surface area contributed by atoms with Crippen molar-refractivity contribution in [1.29, 1.82) is 0 Å². The van der Waals surface area contributed by atoms with Crippen LogP contribution in [0.1, 0.15) is 22.9 Å². The van der Waals surface area contributed by atoms with Crippen LogP contribution in [0.5, 0.6) is 0 Å². The number of halogens is 2. The van der Waals surface area contributed by atoms with E-state index in [0.717, 1.165) is 12.1 Å². The van der Waals surface area contributed by atoms with E-state index >= 15 is 0 Å². The number of benzene rings is 2. The van der Waals surface area contributed by atoms with E-state index in [1.165, 1.54) is 47.6 Å². The summed E-state index contributed by atoms with van der Waals surface area (Å²) in [6.07, 6.45) is 1.44. The second kappa shape index (κ2) is 7.35. The van der Waals surface area contributed by atoms with Gasteiger partial charge in [-0.05, 0) is 54.1 Å². The van der Waals surface area contributed by atoms with Gasteiger partial charge in [-0.15, -0.1) is 0 Å². The molecule has 0 bridgehead atoms. The van der Waals surface area contributed by atoms with Crippen LogP contribution < -0.4 is 0 Å². The lowest BCUT2D eigenvalue weighted by molar-refractivity contribution is -0.140. The van der Waals surface area contributed by atoms with Crippen molar-refractivity contribution in [2.24, 2.45) is 0 Å². The summed E-state index contributed by atoms with van der Waals surface area (Å²) >= 11 is 0. The number of likely N-dealkylation sites (tertiary alicyclic amines) is 1. The Morgan fingerprint density at radius 3 is 2.17 bits per heavy atom. The van der Waals surface area contributed by atoms with Gasteiger partial charge in [-0.1, -0.05) is 12.1 Å². The van der Waals surface area contributed by atoms with E-state index in [1.54, 1.807) is 12.1 Å². The molecule has 146 valence electrons. The quantitative estimate of drug-likeness (QED) is 0.409. The van der Waals surface area contributed by atoms with Crippen molar-refractivity contribution in [3.05, 3.63) is 101 Å². The summed E-state index contributed by atoms with van der Waals surface area (Å²) in [4.78, 5) is 26.8. The topological polar surface area (TPSA) is 70.8 Å². The van der Waals surface area contributed by atoms with Crippen LogP contribution >= 0.6 is 0 Å². The first kappa shape index (κ1) is 18.6. The number of ketones is 1. The number of aliphatic hydroxyl groups excluding tert-OH is 1. The molecule has 0 saturated carbocycles. The number of hydrogen-bond donors (Lipinski definition) is 1. The highest BCUT2D eigenvalue weighted by Crippen LogP contribution is 2.40. The predicted molar refractivity (Wildman–Crippen MR) is 99.4 cm³/mol. The zero-order valence-electron chi connectivity index (χ0n) is 15.0. The second-order valence-electron chi connectivity index (χ2n) is 6.56. The zero-order valence-corrected chi connectivity index (χ0v) is 15.0. The van der Waals surface area contributed by atoms with Gasteiger partial charge >= 0.3 is 0 Å². The van der Waals surface area contributed by atoms with E-state index in [9.17, 15) is 23.5 Å². The van der Waals surface area contributed by atoms with Crippen molar-refractivity contribution < 1.29 is 27.9 Å². The minimum Gasteiger partial charge on any atom is -0.507 e. The Morgan fingerprint density at radius 1 is 0.966 bits per heavy atom. The maximum absolute atomic E-state index is 13.4. The summed E-state index contributed by atoms with van der Waals surface area (Å²) in [7, 11) is 0. The fourth-order valence-electron chi connectivity index (χ4n) is 3.37. The van der Waals surface area contributed by atoms with E-state index in [1.807, 2.05) is 0 Å². The van der Waals surface area contributed by atoms with Crippen LogP contribution in [0.3, 0.4) is 0 Å². The molecule has 0 spiro atoms. The van der Waals surface area contributed by atoms with E-state index in [-0.39, 0.29) is 17.7 Å². The van der Waals surface area contributed by atoms with Gasteiger partial charge in [-0.2, -0.15) is 0 Å². The third-order valence-corrected chi connectivity index (χ3v) is 4.75. The van der Waals surface area contributed by atoms with Crippen LogP contribution in [-0.4, -0.2) is 21.7 Å². The standard InChI is InChI=1S/C22H15F2NO4/c23-15-7-3-13(4-8-15)19-18(20(26)14-5-9-16(24)10-6-14)21(27)22(28)25(19)12-17-2-1-11-29-17/h1-11,19,26H,12H2. The van der Waals surface area contributed by atoms with Crippen molar-refractivity contribution in [2.45, 2.75) is 12.6 Å². The fraction of sp³-hybridized carbons (Fsp3) is 0.0909. The highest BCUT2D eigenvalue weighted by atomic mass is 19.1. The van der Waals surface area contributed by atoms with Gasteiger partial charge in [0.15, 0.2) is 0 Å². The molecule has 0 radical (unpaired) electrons. The molecule has 1 unspecified atom stereocenters. The molecule has 7 heteroatoms. The Morgan fingerprint density at radius 2 is 1.59 bits per heavy atom. The van der Waals surface area contributed by atoms with Crippen LogP contribution in [-0.2, 0) is 16.1 Å². The van der Waals surface area contributed by atoms with Crippen LogP contribution in [0, 0.1) is 11.6 Å². The maximum Gasteiger partial charge on any atom is 0.296 e. The van der Waals surface area contributed by atoms with Crippen molar-refractivity contribution in [2.75, 3.05) is 0 Å². The molecule has 1 aliphatic heterocycles. The summed E-state index contributed by atoms with van der Waals surface area (Å²) in [6.45, 7) is -0.0141. The Hall–Kier alpha value is -3.74. The number of rotatable bonds is 4. The maximum atomic E-state index is 13.4. The lowest BCUT2D eigenvalue weighted by Crippen LogP contribution is -2.29. The smallest absolute Gasteiger partial charge is 0.296 e. The number of carbonyl (C=O) groups excluding carboxylic acids is 2. The number of hydrogen-bond acceptors (Lipinski definition) is 4. The Balaban J connectivity index is 1.86. The molecule has 2 aromatic carbocycles. The van der Waals surface area contributed by atoms with Gasteiger partial charge in [0.25, 0.3) is 11.7 Å². The summed E-state index contributed by atoms with van der Waals surface area (Å²) in [5, 5.41) is 10.8. The van der Waals surface area contributed by atoms with Crippen LogP contribution in [0.4, 0.5) is 8.78 Å². The zero-order chi connectivity index (χ0) is 20.5. The molecule has 1 N–H and O–H groups in total. The summed E-state index contributed by atoms with van der Waals surface area (Å²) in [5.41, 5.74) is 0.482. The molecule has 2 heterocycles. The van der Waals surface area contributed by atoms with Crippen LogP contribution in [0.15, 0.2) is 76.9 Å². The Labute approximate surface area is 164 Å². The molecule has 29 heavy (non-hydrogen) atoms. The van der Waals surface area contributed by atoms with E-state index in [4.69, 9.17) is 4.42 Å². The van der Waals surface area contributed by atoms with Crippen molar-refractivity contribution in [3.63, 3.8) is 0 Å². The number of furan rings is 1. The first-order valence-electron chi connectivity index (χ1n) is 8.78. The van der Waals surface area contributed by atoms with Gasteiger partial charge in [0.05, 0.1) is 24.4 Å². The van der Waals surface area contributed by atoms with Crippen molar-refractivity contribution in [1.82, 2.24) is 4.90 Å². The highest BCUT2D eigenvalue weighted by Gasteiger charge is 2.46. The van der Waals surface area contributed by atoms with Gasteiger partial charge in [-0.3, -0.25) is 9.59 Å². The fourth-order valence-corrected chi connectivity index (χ4v) is 3.37. The second-order valence-corrected chi connectivity index (χ2v) is 6.56. The van der Waals surface area contributed by atoms with Crippen LogP contribution in [0.25, 0.3) is 5.76 Å². The van der Waals surface area contributed by atoms with Crippen LogP contribution in [0.2, 0.25) is 0 Å². The first-order valence-corrected chi connectivity index (χ1v) is 8.78. The number of amides is 1. The molecule has 0 aliphatic carbocycles. The van der Waals surface area contributed by atoms with Gasteiger partial charge < -0.3 is 14.4 Å². The summed E-state index contributed by atoms with van der Waals surface area (Å²) in [6, 6.07) is 12.6. The van der Waals surface area contributed by atoms with Gasteiger partial charge in [0, 0.05) is 5.56 Å². The SMILES string of the molecule is O=C1C(=O)N(Cc2ccco2)C(c2ccc(F)cc2)C1=C(O)c1ccc(F)cc1. The summed E-state index contributed by atoms with van der Waals surface area (Å²) in [5.74, 6) is -2.67. The molecule has 1 saturated heterocycles. The van der Waals surface area contributed by atoms with E-state index in [0.29, 0.717) is 11.3 Å². The third kappa shape index (κ3) is 3.42. The third-order valence-electron chi connectivity index (χ3n) is 4.75. The van der Waals surface area contributed by atoms with Crippen molar-refractivity contribution in [3.8, 4) is 0 Å². The van der Waals surface area contributed by atoms with E-state index < -0.39 is 35.1 Å². The minimum atomic E-state index is -0.953. The number of nitrogens with zero attached hydrogens (tertiary/aromatic N) is 1. The number of Topliss-reactive ketones (excluding diaryl/α,β-unsaturated/α-hetero) is 1. The van der Waals surface area contributed by atoms with Crippen molar-refractivity contribution >= 4 is 17.4 Å². The molecule has 1 atom stereocenters. The van der Waals surface area contributed by atoms with Gasteiger partial charge in [0.2, 0.25) is 0 Å². The van der Waals surface area contributed by atoms with Gasteiger partial charge in [-0.25, -0.2) is 8.78 Å². The molecule has 1 aliphatic rings. The molecule has 5 nitrogen and oxygen atoms in total. The molecule has 1 aromatic heterocycles. The number of carbonyl (C=O) groups is 2. The minimum absolute atomic E-state index is 0.0141. The highest BCUT2D eigenvalue weighted by molar-refractivity contribution is 6.46. The Kier molecular flexibility index (Phi) is 4.72. The number of aliphatic hydroxyl groups is 1. The monoisotopic (exact) mass is 395 g/mol. The van der Waals surface area contributed by atoms with E-state index in [2.05, 4.69) is 0 Å². The molecule has 1 fully saturated rings. The average molecular weight is 395 g/mol. The molecular formula is C22H15F2NO4. The van der Waals surface area contributed by atoms with Gasteiger partial charge in [0.1, 0.15) is 23.2 Å². The predicted octanol–water partition coefficient (Wildman–Crippen LogP) is 4.18. The molecule has 1 amide bonds. The Bertz CT molecular complexity index is 1090. The average Bonchev–Trinajstić information content (AvgIpc) is 3.31. The lowest BCUT2D eigenvalue weighted by Gasteiger charge is -2.24. The molecular weight excluding hydrogens is 380 g/mol. The largest absolute Gasteiger partial charge is 0.507 e. The lowest BCUT2D eigenvalue weighted by atomic mass is 9.95. The summed E-state index contributed by atoms with van der Waals surface area (Å²) < 4.78 is 32.0.